The molecule has 0 aromatic heterocycles. The van der Waals surface area contributed by atoms with Gasteiger partial charge in [-0.2, -0.15) is 0 Å². The summed E-state index contributed by atoms with van der Waals surface area (Å²) in [6.07, 6.45) is 0.0502. The summed E-state index contributed by atoms with van der Waals surface area (Å²) in [7, 11) is -3.64. The number of sulfonamides is 1. The zero-order valence-electron chi connectivity index (χ0n) is 15.2. The average molecular weight is 455 g/mol. The smallest absolute Gasteiger partial charge is 0.240 e. The van der Waals surface area contributed by atoms with Crippen LogP contribution >= 0.6 is 15.9 Å². The van der Waals surface area contributed by atoms with Gasteiger partial charge in [-0.3, -0.25) is 4.79 Å². The van der Waals surface area contributed by atoms with E-state index in [2.05, 4.69) is 26.0 Å². The summed E-state index contributed by atoms with van der Waals surface area (Å²) in [6, 6.07) is 13.7. The second kappa shape index (κ2) is 9.87. The molecular weight excluding hydrogens is 432 g/mol. The summed E-state index contributed by atoms with van der Waals surface area (Å²) in [4.78, 5) is 12.2. The van der Waals surface area contributed by atoms with Crippen molar-refractivity contribution < 1.29 is 17.9 Å². The van der Waals surface area contributed by atoms with Gasteiger partial charge in [-0.15, -0.1) is 0 Å². The van der Waals surface area contributed by atoms with E-state index >= 15 is 0 Å². The van der Waals surface area contributed by atoms with Crippen molar-refractivity contribution in [2.45, 2.75) is 31.2 Å². The number of carbonyl (C=O) groups excluding carboxylic acids is 1. The number of ether oxygens (including phenoxy) is 1. The molecule has 1 unspecified atom stereocenters. The Morgan fingerprint density at radius 2 is 1.89 bits per heavy atom. The van der Waals surface area contributed by atoms with Crippen LogP contribution in [0.4, 0.5) is 0 Å². The van der Waals surface area contributed by atoms with Crippen LogP contribution in [0.2, 0.25) is 0 Å². The van der Waals surface area contributed by atoms with Crippen LogP contribution in [0.1, 0.15) is 31.9 Å². The van der Waals surface area contributed by atoms with Crippen molar-refractivity contribution in [2.24, 2.45) is 0 Å². The Hall–Kier alpha value is -1.90. The van der Waals surface area contributed by atoms with Crippen molar-refractivity contribution in [3.63, 3.8) is 0 Å². The van der Waals surface area contributed by atoms with Crippen LogP contribution in [-0.2, 0) is 14.8 Å². The van der Waals surface area contributed by atoms with E-state index in [0.717, 1.165) is 11.3 Å². The van der Waals surface area contributed by atoms with E-state index in [0.29, 0.717) is 11.1 Å². The molecule has 2 rings (SSSR count). The highest BCUT2D eigenvalue weighted by atomic mass is 79.9. The van der Waals surface area contributed by atoms with Gasteiger partial charge < -0.3 is 10.1 Å². The molecule has 1 amide bonds. The normalized spacial score (nSPS) is 12.4. The van der Waals surface area contributed by atoms with Gasteiger partial charge in [-0.1, -0.05) is 34.1 Å². The van der Waals surface area contributed by atoms with Gasteiger partial charge in [0.1, 0.15) is 5.75 Å². The SMILES string of the molecule is CCOc1ccc(C(C)NC(=O)CCNS(=O)(=O)c2cccc(Br)c2)cc1. The second-order valence-corrected chi connectivity index (χ2v) is 8.58. The number of benzene rings is 2. The maximum Gasteiger partial charge on any atom is 0.240 e. The van der Waals surface area contributed by atoms with Gasteiger partial charge in [0.25, 0.3) is 0 Å². The van der Waals surface area contributed by atoms with Crippen LogP contribution in [0.5, 0.6) is 5.75 Å². The van der Waals surface area contributed by atoms with Crippen molar-refractivity contribution in [1.29, 1.82) is 0 Å². The molecule has 27 heavy (non-hydrogen) atoms. The average Bonchev–Trinajstić information content (AvgIpc) is 2.62. The minimum Gasteiger partial charge on any atom is -0.494 e. The van der Waals surface area contributed by atoms with Crippen molar-refractivity contribution in [2.75, 3.05) is 13.2 Å². The fraction of sp³-hybridized carbons (Fsp3) is 0.316. The number of amides is 1. The lowest BCUT2D eigenvalue weighted by molar-refractivity contribution is -0.121. The Balaban J connectivity index is 1.83. The van der Waals surface area contributed by atoms with Crippen LogP contribution in [0.3, 0.4) is 0 Å². The largest absolute Gasteiger partial charge is 0.494 e. The number of rotatable bonds is 9. The fourth-order valence-electron chi connectivity index (χ4n) is 2.43. The molecule has 0 spiro atoms. The summed E-state index contributed by atoms with van der Waals surface area (Å²) in [6.45, 7) is 4.42. The first-order valence-electron chi connectivity index (χ1n) is 8.59. The van der Waals surface area contributed by atoms with Crippen molar-refractivity contribution in [1.82, 2.24) is 10.0 Å². The molecule has 0 fully saturated rings. The van der Waals surface area contributed by atoms with E-state index in [1.54, 1.807) is 12.1 Å². The molecule has 0 radical (unpaired) electrons. The Morgan fingerprint density at radius 3 is 2.52 bits per heavy atom. The minimum absolute atomic E-state index is 0.0245. The minimum atomic E-state index is -3.64. The van der Waals surface area contributed by atoms with E-state index in [1.165, 1.54) is 12.1 Å². The van der Waals surface area contributed by atoms with Crippen molar-refractivity contribution >= 4 is 31.9 Å². The van der Waals surface area contributed by atoms with Gasteiger partial charge in [0.2, 0.25) is 15.9 Å². The molecular formula is C19H23BrN2O4S. The first-order valence-corrected chi connectivity index (χ1v) is 10.9. The lowest BCUT2D eigenvalue weighted by Gasteiger charge is -2.15. The highest BCUT2D eigenvalue weighted by Gasteiger charge is 2.15. The summed E-state index contributed by atoms with van der Waals surface area (Å²) in [5.74, 6) is 0.551. The van der Waals surface area contributed by atoms with Crippen LogP contribution in [0.25, 0.3) is 0 Å². The van der Waals surface area contributed by atoms with Crippen LogP contribution < -0.4 is 14.8 Å². The first-order chi connectivity index (χ1) is 12.8. The summed E-state index contributed by atoms with van der Waals surface area (Å²) < 4.78 is 32.9. The summed E-state index contributed by atoms with van der Waals surface area (Å²) >= 11 is 3.24. The summed E-state index contributed by atoms with van der Waals surface area (Å²) in [5.41, 5.74) is 0.946. The number of carbonyl (C=O) groups is 1. The number of hydrogen-bond donors (Lipinski definition) is 2. The zero-order chi connectivity index (χ0) is 19.9. The van der Waals surface area contributed by atoms with E-state index in [4.69, 9.17) is 4.74 Å². The van der Waals surface area contributed by atoms with Crippen LogP contribution in [0, 0.1) is 0 Å². The molecule has 8 heteroatoms. The Kier molecular flexibility index (Phi) is 7.82. The third-order valence-electron chi connectivity index (χ3n) is 3.82. The molecule has 0 aliphatic heterocycles. The molecule has 146 valence electrons. The molecule has 0 heterocycles. The first kappa shape index (κ1) is 21.4. The number of halogens is 1. The molecule has 2 aromatic carbocycles. The molecule has 0 bridgehead atoms. The summed E-state index contributed by atoms with van der Waals surface area (Å²) in [5, 5.41) is 2.86. The number of hydrogen-bond acceptors (Lipinski definition) is 4. The van der Waals surface area contributed by atoms with Gasteiger partial charge in [0.05, 0.1) is 17.5 Å². The number of nitrogens with one attached hydrogen (secondary N) is 2. The van der Waals surface area contributed by atoms with E-state index in [-0.39, 0.29) is 29.8 Å². The zero-order valence-corrected chi connectivity index (χ0v) is 17.6. The maximum absolute atomic E-state index is 12.2. The van der Waals surface area contributed by atoms with Gasteiger partial charge in [-0.05, 0) is 49.7 Å². The molecule has 0 saturated carbocycles. The Morgan fingerprint density at radius 1 is 1.19 bits per heavy atom. The highest BCUT2D eigenvalue weighted by Crippen LogP contribution is 2.18. The molecule has 1 atom stereocenters. The Labute approximate surface area is 168 Å². The molecule has 0 saturated heterocycles. The van der Waals surface area contributed by atoms with E-state index in [1.807, 2.05) is 38.1 Å². The molecule has 0 aliphatic rings. The molecule has 6 nitrogen and oxygen atoms in total. The van der Waals surface area contributed by atoms with Gasteiger partial charge in [-0.25, -0.2) is 13.1 Å². The predicted molar refractivity (Wildman–Crippen MR) is 108 cm³/mol. The van der Waals surface area contributed by atoms with Crippen LogP contribution in [0.15, 0.2) is 57.9 Å². The monoisotopic (exact) mass is 454 g/mol. The molecule has 2 N–H and O–H groups in total. The fourth-order valence-corrected chi connectivity index (χ4v) is 4.06. The highest BCUT2D eigenvalue weighted by molar-refractivity contribution is 9.10. The quantitative estimate of drug-likeness (QED) is 0.607. The molecule has 2 aromatic rings. The van der Waals surface area contributed by atoms with E-state index in [9.17, 15) is 13.2 Å². The second-order valence-electron chi connectivity index (χ2n) is 5.90. The lowest BCUT2D eigenvalue weighted by atomic mass is 10.1. The van der Waals surface area contributed by atoms with E-state index < -0.39 is 10.0 Å². The third kappa shape index (κ3) is 6.64. The van der Waals surface area contributed by atoms with Gasteiger partial charge in [0.15, 0.2) is 0 Å². The maximum atomic E-state index is 12.2. The van der Waals surface area contributed by atoms with Gasteiger partial charge >= 0.3 is 0 Å². The lowest BCUT2D eigenvalue weighted by Crippen LogP contribution is -2.32. The van der Waals surface area contributed by atoms with Gasteiger partial charge in [0, 0.05) is 17.4 Å². The molecule has 0 aliphatic carbocycles. The van der Waals surface area contributed by atoms with Crippen molar-refractivity contribution in [3.05, 3.63) is 58.6 Å². The standard InChI is InChI=1S/C19H23BrN2O4S/c1-3-26-17-9-7-15(8-10-17)14(2)22-19(23)11-12-21-27(24,25)18-6-4-5-16(20)13-18/h4-10,13-14,21H,3,11-12H2,1-2H3,(H,22,23). The third-order valence-corrected chi connectivity index (χ3v) is 5.77. The topological polar surface area (TPSA) is 84.5 Å². The predicted octanol–water partition coefficient (Wildman–Crippen LogP) is 3.39. The Bertz CT molecular complexity index is 870. The van der Waals surface area contributed by atoms with Crippen LogP contribution in [-0.4, -0.2) is 27.5 Å². The van der Waals surface area contributed by atoms with Crippen molar-refractivity contribution in [3.8, 4) is 5.75 Å².